The van der Waals surface area contributed by atoms with E-state index in [4.69, 9.17) is 9.47 Å². The van der Waals surface area contributed by atoms with Crippen LogP contribution in [0.3, 0.4) is 0 Å². The van der Waals surface area contributed by atoms with Gasteiger partial charge in [-0.2, -0.15) is 0 Å². The molecule has 5 nitrogen and oxygen atoms in total. The Morgan fingerprint density at radius 2 is 2.10 bits per heavy atom. The Kier molecular flexibility index (Phi) is 6.18. The normalized spacial score (nSPS) is 10.3. The van der Waals surface area contributed by atoms with Gasteiger partial charge in [0.25, 0.3) is 0 Å². The SMILES string of the molecule is Cc1ncc(CNC(=O)COCCOc2ccccc2)s1. The van der Waals surface area contributed by atoms with Crippen LogP contribution in [0.25, 0.3) is 0 Å². The third-order valence-corrected chi connectivity index (χ3v) is 3.51. The molecule has 0 saturated heterocycles. The first-order valence-corrected chi connectivity index (χ1v) is 7.49. The Balaban J connectivity index is 1.53. The van der Waals surface area contributed by atoms with Crippen molar-refractivity contribution in [2.75, 3.05) is 19.8 Å². The van der Waals surface area contributed by atoms with Crippen LogP contribution in [0, 0.1) is 6.92 Å². The van der Waals surface area contributed by atoms with Gasteiger partial charge in [-0.3, -0.25) is 4.79 Å². The Morgan fingerprint density at radius 3 is 2.81 bits per heavy atom. The molecule has 2 rings (SSSR count). The molecule has 0 bridgehead atoms. The molecule has 1 amide bonds. The van der Waals surface area contributed by atoms with Crippen molar-refractivity contribution in [2.24, 2.45) is 0 Å². The number of nitrogens with one attached hydrogen (secondary N) is 1. The zero-order valence-corrected chi connectivity index (χ0v) is 12.7. The number of amides is 1. The van der Waals surface area contributed by atoms with E-state index in [2.05, 4.69) is 10.3 Å². The van der Waals surface area contributed by atoms with Gasteiger partial charge >= 0.3 is 0 Å². The lowest BCUT2D eigenvalue weighted by molar-refractivity contribution is -0.126. The van der Waals surface area contributed by atoms with E-state index in [0.29, 0.717) is 19.8 Å². The third-order valence-electron chi connectivity index (χ3n) is 2.60. The smallest absolute Gasteiger partial charge is 0.246 e. The molecule has 0 fully saturated rings. The van der Waals surface area contributed by atoms with Crippen molar-refractivity contribution in [3.63, 3.8) is 0 Å². The minimum absolute atomic E-state index is 0.0376. The fourth-order valence-corrected chi connectivity index (χ4v) is 2.36. The number of aromatic nitrogens is 1. The molecule has 0 radical (unpaired) electrons. The van der Waals surface area contributed by atoms with Crippen LogP contribution in [0.2, 0.25) is 0 Å². The Hall–Kier alpha value is -1.92. The standard InChI is InChI=1S/C15H18N2O3S/c1-12-16-9-14(21-12)10-17-15(18)11-19-7-8-20-13-5-3-2-4-6-13/h2-6,9H,7-8,10-11H2,1H3,(H,17,18). The summed E-state index contributed by atoms with van der Waals surface area (Å²) in [4.78, 5) is 16.7. The van der Waals surface area contributed by atoms with Crippen LogP contribution in [0.15, 0.2) is 36.5 Å². The third kappa shape index (κ3) is 5.93. The number of para-hydroxylation sites is 1. The van der Waals surface area contributed by atoms with E-state index in [-0.39, 0.29) is 12.5 Å². The summed E-state index contributed by atoms with van der Waals surface area (Å²) in [5.74, 6) is 0.659. The number of rotatable bonds is 8. The second kappa shape index (κ2) is 8.39. The van der Waals surface area contributed by atoms with Crippen molar-refractivity contribution >= 4 is 17.2 Å². The van der Waals surface area contributed by atoms with Gasteiger partial charge in [0.15, 0.2) is 0 Å². The van der Waals surface area contributed by atoms with Gasteiger partial charge in [-0.15, -0.1) is 11.3 Å². The predicted molar refractivity (Wildman–Crippen MR) is 81.5 cm³/mol. The van der Waals surface area contributed by atoms with Crippen LogP contribution in [0.1, 0.15) is 9.88 Å². The number of aryl methyl sites for hydroxylation is 1. The molecule has 21 heavy (non-hydrogen) atoms. The summed E-state index contributed by atoms with van der Waals surface area (Å²) < 4.78 is 10.7. The van der Waals surface area contributed by atoms with E-state index in [9.17, 15) is 4.79 Å². The number of thiazole rings is 1. The lowest BCUT2D eigenvalue weighted by Crippen LogP contribution is -2.27. The van der Waals surface area contributed by atoms with Gasteiger partial charge in [0.1, 0.15) is 19.0 Å². The quantitative estimate of drug-likeness (QED) is 0.759. The van der Waals surface area contributed by atoms with E-state index in [0.717, 1.165) is 15.6 Å². The minimum Gasteiger partial charge on any atom is -0.491 e. The summed E-state index contributed by atoms with van der Waals surface area (Å²) in [6, 6.07) is 9.50. The average Bonchev–Trinajstić information content (AvgIpc) is 2.91. The molecule has 1 heterocycles. The van der Waals surface area contributed by atoms with E-state index in [1.54, 1.807) is 17.5 Å². The van der Waals surface area contributed by atoms with E-state index >= 15 is 0 Å². The molecule has 0 atom stereocenters. The molecule has 1 aromatic carbocycles. The number of carbonyl (C=O) groups excluding carboxylic acids is 1. The highest BCUT2D eigenvalue weighted by Crippen LogP contribution is 2.10. The summed E-state index contributed by atoms with van der Waals surface area (Å²) in [6.45, 7) is 3.27. The van der Waals surface area contributed by atoms with Crippen LogP contribution in [-0.2, 0) is 16.1 Å². The fraction of sp³-hybridized carbons (Fsp3) is 0.333. The number of hydrogen-bond acceptors (Lipinski definition) is 5. The van der Waals surface area contributed by atoms with E-state index < -0.39 is 0 Å². The Bertz CT molecular complexity index is 557. The zero-order valence-electron chi connectivity index (χ0n) is 11.9. The molecule has 1 aromatic heterocycles. The number of hydrogen-bond donors (Lipinski definition) is 1. The second-order valence-corrected chi connectivity index (χ2v) is 5.66. The first-order chi connectivity index (χ1) is 10.2. The highest BCUT2D eigenvalue weighted by Gasteiger charge is 2.03. The topological polar surface area (TPSA) is 60.5 Å². The van der Waals surface area contributed by atoms with Crippen LogP contribution in [0.4, 0.5) is 0 Å². The van der Waals surface area contributed by atoms with Gasteiger partial charge < -0.3 is 14.8 Å². The molecule has 6 heteroatoms. The van der Waals surface area contributed by atoms with Gasteiger partial charge in [0.2, 0.25) is 5.91 Å². The van der Waals surface area contributed by atoms with E-state index in [1.807, 2.05) is 37.3 Å². The predicted octanol–water partition coefficient (Wildman–Crippen LogP) is 2.16. The summed E-state index contributed by atoms with van der Waals surface area (Å²) in [6.07, 6.45) is 1.77. The van der Waals surface area contributed by atoms with E-state index in [1.165, 1.54) is 0 Å². The highest BCUT2D eigenvalue weighted by molar-refractivity contribution is 7.11. The molecule has 0 unspecified atom stereocenters. The van der Waals surface area contributed by atoms with Crippen molar-refractivity contribution < 1.29 is 14.3 Å². The van der Waals surface area contributed by atoms with Gasteiger partial charge in [0, 0.05) is 11.1 Å². The summed E-state index contributed by atoms with van der Waals surface area (Å²) in [7, 11) is 0. The molecular weight excluding hydrogens is 288 g/mol. The summed E-state index contributed by atoms with van der Waals surface area (Å²) in [5.41, 5.74) is 0. The fourth-order valence-electron chi connectivity index (χ4n) is 1.62. The highest BCUT2D eigenvalue weighted by atomic mass is 32.1. The van der Waals surface area contributed by atoms with Crippen LogP contribution >= 0.6 is 11.3 Å². The number of nitrogens with zero attached hydrogens (tertiary/aromatic N) is 1. The largest absolute Gasteiger partial charge is 0.491 e. The summed E-state index contributed by atoms with van der Waals surface area (Å²) >= 11 is 1.57. The molecule has 0 aliphatic carbocycles. The Morgan fingerprint density at radius 1 is 1.29 bits per heavy atom. The lowest BCUT2D eigenvalue weighted by atomic mass is 10.3. The number of ether oxygens (including phenoxy) is 2. The van der Waals surface area contributed by atoms with Crippen LogP contribution in [-0.4, -0.2) is 30.7 Å². The zero-order chi connectivity index (χ0) is 14.9. The minimum atomic E-state index is -0.138. The second-order valence-electron chi connectivity index (χ2n) is 4.34. The van der Waals surface area contributed by atoms with Crippen LogP contribution in [0.5, 0.6) is 5.75 Å². The van der Waals surface area contributed by atoms with Crippen molar-refractivity contribution in [3.8, 4) is 5.75 Å². The van der Waals surface area contributed by atoms with Gasteiger partial charge in [-0.1, -0.05) is 18.2 Å². The van der Waals surface area contributed by atoms with Crippen molar-refractivity contribution in [1.82, 2.24) is 10.3 Å². The van der Waals surface area contributed by atoms with Crippen molar-refractivity contribution in [1.29, 1.82) is 0 Å². The summed E-state index contributed by atoms with van der Waals surface area (Å²) in [5, 5.41) is 3.78. The molecule has 2 aromatic rings. The first kappa shape index (κ1) is 15.5. The molecular formula is C15H18N2O3S. The molecule has 0 aliphatic rings. The van der Waals surface area contributed by atoms with Crippen molar-refractivity contribution in [3.05, 3.63) is 46.4 Å². The van der Waals surface area contributed by atoms with Gasteiger partial charge in [0.05, 0.1) is 18.2 Å². The monoisotopic (exact) mass is 306 g/mol. The number of benzene rings is 1. The lowest BCUT2D eigenvalue weighted by Gasteiger charge is -2.07. The van der Waals surface area contributed by atoms with Gasteiger partial charge in [-0.05, 0) is 19.1 Å². The van der Waals surface area contributed by atoms with Gasteiger partial charge in [-0.25, -0.2) is 4.98 Å². The average molecular weight is 306 g/mol. The maximum atomic E-state index is 11.6. The molecule has 0 saturated carbocycles. The molecule has 1 N–H and O–H groups in total. The maximum absolute atomic E-state index is 11.6. The Labute approximate surface area is 127 Å². The maximum Gasteiger partial charge on any atom is 0.246 e. The van der Waals surface area contributed by atoms with Crippen LogP contribution < -0.4 is 10.1 Å². The van der Waals surface area contributed by atoms with Crippen molar-refractivity contribution in [2.45, 2.75) is 13.5 Å². The molecule has 0 spiro atoms. The molecule has 112 valence electrons. The first-order valence-electron chi connectivity index (χ1n) is 6.67. The number of carbonyl (C=O) groups is 1. The molecule has 0 aliphatic heterocycles.